The van der Waals surface area contributed by atoms with Crippen molar-refractivity contribution in [1.29, 1.82) is 5.26 Å². The predicted molar refractivity (Wildman–Crippen MR) is 118 cm³/mol. The van der Waals surface area contributed by atoms with Crippen LogP contribution in [0.4, 0.5) is 0 Å². The summed E-state index contributed by atoms with van der Waals surface area (Å²) in [4.78, 5) is 62.4. The maximum Gasteiger partial charge on any atom is 0.274 e. The SMILES string of the molecule is N#Cc1ccc(C(=O)N2CCN(C(=O)c3cnccn3)C(C(=O)NC3CCCNC3=O)C2)cc1. The molecule has 3 heterocycles. The van der Waals surface area contributed by atoms with Gasteiger partial charge in [0.05, 0.1) is 24.4 Å². The number of piperazine rings is 1. The summed E-state index contributed by atoms with van der Waals surface area (Å²) in [6, 6.07) is 6.50. The number of amides is 4. The Morgan fingerprint density at radius 1 is 1.12 bits per heavy atom. The summed E-state index contributed by atoms with van der Waals surface area (Å²) >= 11 is 0. The van der Waals surface area contributed by atoms with Gasteiger partial charge >= 0.3 is 0 Å². The Balaban J connectivity index is 1.56. The van der Waals surface area contributed by atoms with Gasteiger partial charge in [0, 0.05) is 37.6 Å². The number of piperidine rings is 1. The van der Waals surface area contributed by atoms with Crippen molar-refractivity contribution in [1.82, 2.24) is 30.4 Å². The molecule has 4 amide bonds. The van der Waals surface area contributed by atoms with Gasteiger partial charge in [-0.05, 0) is 37.1 Å². The molecule has 1 aromatic heterocycles. The number of hydrogen-bond donors (Lipinski definition) is 2. The van der Waals surface area contributed by atoms with E-state index in [0.29, 0.717) is 24.1 Å². The molecule has 2 atom stereocenters. The first-order valence-corrected chi connectivity index (χ1v) is 10.9. The summed E-state index contributed by atoms with van der Waals surface area (Å²) in [6.07, 6.45) is 5.37. The van der Waals surface area contributed by atoms with Gasteiger partial charge in [-0.1, -0.05) is 0 Å². The molecule has 34 heavy (non-hydrogen) atoms. The zero-order chi connectivity index (χ0) is 24.1. The molecule has 2 unspecified atom stereocenters. The number of aromatic nitrogens is 2. The minimum atomic E-state index is -1.01. The Kier molecular flexibility index (Phi) is 6.77. The van der Waals surface area contributed by atoms with Crippen molar-refractivity contribution in [2.24, 2.45) is 0 Å². The van der Waals surface area contributed by atoms with Crippen LogP contribution in [-0.2, 0) is 9.59 Å². The lowest BCUT2D eigenvalue weighted by Crippen LogP contribution is -2.63. The van der Waals surface area contributed by atoms with Gasteiger partial charge in [0.2, 0.25) is 11.8 Å². The number of rotatable bonds is 4. The van der Waals surface area contributed by atoms with E-state index < -0.39 is 23.9 Å². The molecular formula is C23H23N7O4. The van der Waals surface area contributed by atoms with Crippen LogP contribution in [0.15, 0.2) is 42.9 Å². The topological polar surface area (TPSA) is 148 Å². The number of nitrogens with zero attached hydrogens (tertiary/aromatic N) is 5. The van der Waals surface area contributed by atoms with Crippen molar-refractivity contribution in [3.8, 4) is 6.07 Å². The van der Waals surface area contributed by atoms with E-state index in [0.717, 1.165) is 6.42 Å². The average molecular weight is 461 g/mol. The normalized spacial score (nSPS) is 20.1. The van der Waals surface area contributed by atoms with Gasteiger partial charge in [-0.15, -0.1) is 0 Å². The Bertz CT molecular complexity index is 1130. The van der Waals surface area contributed by atoms with Crippen LogP contribution in [0.3, 0.4) is 0 Å². The summed E-state index contributed by atoms with van der Waals surface area (Å²) in [7, 11) is 0. The molecule has 2 N–H and O–H groups in total. The number of nitrogens with one attached hydrogen (secondary N) is 2. The van der Waals surface area contributed by atoms with Crippen molar-refractivity contribution >= 4 is 23.6 Å². The van der Waals surface area contributed by atoms with E-state index in [1.54, 1.807) is 24.3 Å². The second-order valence-corrected chi connectivity index (χ2v) is 8.04. The molecule has 11 nitrogen and oxygen atoms in total. The maximum absolute atomic E-state index is 13.3. The highest BCUT2D eigenvalue weighted by Gasteiger charge is 2.39. The molecule has 2 aliphatic heterocycles. The summed E-state index contributed by atoms with van der Waals surface area (Å²) < 4.78 is 0. The summed E-state index contributed by atoms with van der Waals surface area (Å²) in [5.41, 5.74) is 0.889. The highest BCUT2D eigenvalue weighted by Crippen LogP contribution is 2.17. The minimum absolute atomic E-state index is 0.0506. The Morgan fingerprint density at radius 3 is 2.59 bits per heavy atom. The second kappa shape index (κ2) is 10.1. The lowest BCUT2D eigenvalue weighted by atomic mass is 10.0. The third-order valence-electron chi connectivity index (χ3n) is 5.88. The molecule has 174 valence electrons. The quantitative estimate of drug-likeness (QED) is 0.635. The Morgan fingerprint density at radius 2 is 1.91 bits per heavy atom. The number of carbonyl (C=O) groups excluding carboxylic acids is 4. The highest BCUT2D eigenvalue weighted by molar-refractivity contribution is 5.99. The van der Waals surface area contributed by atoms with Crippen molar-refractivity contribution < 1.29 is 19.2 Å². The molecule has 4 rings (SSSR count). The number of carbonyl (C=O) groups is 4. The van der Waals surface area contributed by atoms with Gasteiger partial charge in [-0.3, -0.25) is 24.2 Å². The van der Waals surface area contributed by atoms with Crippen molar-refractivity contribution in [2.75, 3.05) is 26.2 Å². The molecule has 0 bridgehead atoms. The van der Waals surface area contributed by atoms with E-state index in [1.807, 2.05) is 6.07 Å². The molecular weight excluding hydrogens is 438 g/mol. The molecule has 0 spiro atoms. The van der Waals surface area contributed by atoms with Crippen molar-refractivity contribution in [3.05, 3.63) is 59.7 Å². The predicted octanol–water partition coefficient (Wildman–Crippen LogP) is -0.290. The fraction of sp³-hybridized carbons (Fsp3) is 0.348. The van der Waals surface area contributed by atoms with Crippen LogP contribution < -0.4 is 10.6 Å². The average Bonchev–Trinajstić information content (AvgIpc) is 2.89. The van der Waals surface area contributed by atoms with Crippen LogP contribution in [0.5, 0.6) is 0 Å². The summed E-state index contributed by atoms with van der Waals surface area (Å²) in [6.45, 7) is 0.814. The van der Waals surface area contributed by atoms with E-state index in [1.165, 1.54) is 28.4 Å². The van der Waals surface area contributed by atoms with Crippen LogP contribution >= 0.6 is 0 Å². The van der Waals surface area contributed by atoms with E-state index in [2.05, 4.69) is 20.6 Å². The van der Waals surface area contributed by atoms with Crippen LogP contribution in [0.25, 0.3) is 0 Å². The van der Waals surface area contributed by atoms with Crippen LogP contribution in [-0.4, -0.2) is 81.7 Å². The molecule has 2 saturated heterocycles. The summed E-state index contributed by atoms with van der Waals surface area (Å²) in [5, 5.41) is 14.4. The molecule has 2 fully saturated rings. The molecule has 1 aromatic carbocycles. The van der Waals surface area contributed by atoms with Gasteiger partial charge < -0.3 is 20.4 Å². The van der Waals surface area contributed by atoms with E-state index in [-0.39, 0.29) is 37.1 Å². The Hall–Kier alpha value is -4.33. The molecule has 2 aromatic rings. The maximum atomic E-state index is 13.3. The first-order chi connectivity index (χ1) is 16.5. The molecule has 0 saturated carbocycles. The monoisotopic (exact) mass is 461 g/mol. The molecule has 2 aliphatic rings. The van der Waals surface area contributed by atoms with Crippen LogP contribution in [0.2, 0.25) is 0 Å². The number of nitriles is 1. The molecule has 0 aliphatic carbocycles. The number of benzene rings is 1. The largest absolute Gasteiger partial charge is 0.354 e. The molecule has 0 radical (unpaired) electrons. The lowest BCUT2D eigenvalue weighted by molar-refractivity contribution is -0.133. The third kappa shape index (κ3) is 4.85. The van der Waals surface area contributed by atoms with Crippen LogP contribution in [0, 0.1) is 11.3 Å². The summed E-state index contributed by atoms with van der Waals surface area (Å²) in [5.74, 6) is -1.58. The van der Waals surface area contributed by atoms with E-state index in [9.17, 15) is 19.2 Å². The number of hydrogen-bond acceptors (Lipinski definition) is 7. The molecule has 11 heteroatoms. The zero-order valence-corrected chi connectivity index (χ0v) is 18.3. The fourth-order valence-electron chi connectivity index (χ4n) is 4.04. The lowest BCUT2D eigenvalue weighted by Gasteiger charge is -2.41. The minimum Gasteiger partial charge on any atom is -0.354 e. The van der Waals surface area contributed by atoms with Gasteiger partial charge in [-0.25, -0.2) is 4.98 Å². The highest BCUT2D eigenvalue weighted by atomic mass is 16.2. The van der Waals surface area contributed by atoms with Crippen LogP contribution in [0.1, 0.15) is 39.3 Å². The zero-order valence-electron chi connectivity index (χ0n) is 18.3. The Labute approximate surface area is 195 Å². The second-order valence-electron chi connectivity index (χ2n) is 8.04. The smallest absolute Gasteiger partial charge is 0.274 e. The first-order valence-electron chi connectivity index (χ1n) is 10.9. The van der Waals surface area contributed by atoms with Crippen molar-refractivity contribution in [3.63, 3.8) is 0 Å². The van der Waals surface area contributed by atoms with E-state index >= 15 is 0 Å². The van der Waals surface area contributed by atoms with Gasteiger partial charge in [0.1, 0.15) is 17.8 Å². The van der Waals surface area contributed by atoms with Gasteiger partial charge in [0.25, 0.3) is 11.8 Å². The van der Waals surface area contributed by atoms with Crippen molar-refractivity contribution in [2.45, 2.75) is 24.9 Å². The fourth-order valence-corrected chi connectivity index (χ4v) is 4.04. The standard InChI is InChI=1S/C23H23N7O4/c24-12-15-3-5-16(6-4-15)22(33)29-10-11-30(23(34)18-13-25-8-9-26-18)19(14-29)21(32)28-17-2-1-7-27-20(17)31/h3-6,8-9,13,17,19H,1-2,7,10-11,14H2,(H,27,31)(H,28,32). The van der Waals surface area contributed by atoms with Gasteiger partial charge in [-0.2, -0.15) is 5.26 Å². The van der Waals surface area contributed by atoms with E-state index in [4.69, 9.17) is 5.26 Å². The third-order valence-corrected chi connectivity index (χ3v) is 5.88. The first kappa shape index (κ1) is 22.8. The van der Waals surface area contributed by atoms with Gasteiger partial charge in [0.15, 0.2) is 0 Å².